The fraction of sp³-hybridized carbons (Fsp3) is 0.833. The van der Waals surface area contributed by atoms with Gasteiger partial charge in [0.15, 0.2) is 0 Å². The molecule has 0 atom stereocenters. The highest BCUT2D eigenvalue weighted by molar-refractivity contribution is 5.04. The van der Waals surface area contributed by atoms with Crippen molar-refractivity contribution >= 4 is 0 Å². The molecule has 0 heterocycles. The van der Waals surface area contributed by atoms with Crippen LogP contribution in [0.3, 0.4) is 0 Å². The van der Waals surface area contributed by atoms with E-state index in [1.807, 2.05) is 0 Å². The molecule has 0 aromatic rings. The first-order chi connectivity index (χ1) is 5.54. The zero-order valence-corrected chi connectivity index (χ0v) is 8.98. The SMILES string of the molecule is CC=C1CCC(C(C)(C)C)CC1. The summed E-state index contributed by atoms with van der Waals surface area (Å²) >= 11 is 0. The maximum Gasteiger partial charge on any atom is -0.0318 e. The Balaban J connectivity index is 2.47. The Labute approximate surface area is 77.1 Å². The van der Waals surface area contributed by atoms with Crippen molar-refractivity contribution < 1.29 is 0 Å². The lowest BCUT2D eigenvalue weighted by Gasteiger charge is -2.34. The summed E-state index contributed by atoms with van der Waals surface area (Å²) in [6.45, 7) is 9.29. The van der Waals surface area contributed by atoms with Crippen LogP contribution in [0.15, 0.2) is 11.6 Å². The molecule has 0 aromatic carbocycles. The van der Waals surface area contributed by atoms with Gasteiger partial charge in [0.05, 0.1) is 0 Å². The second-order valence-electron chi connectivity index (χ2n) is 5.09. The third-order valence-electron chi connectivity index (χ3n) is 3.26. The van der Waals surface area contributed by atoms with Gasteiger partial charge in [0.2, 0.25) is 0 Å². The average Bonchev–Trinajstić information content (AvgIpc) is 2.03. The minimum Gasteiger partial charge on any atom is -0.0885 e. The Hall–Kier alpha value is -0.260. The fourth-order valence-electron chi connectivity index (χ4n) is 2.14. The highest BCUT2D eigenvalue weighted by atomic mass is 14.3. The number of allylic oxidation sites excluding steroid dienone is 2. The van der Waals surface area contributed by atoms with Crippen molar-refractivity contribution in [1.29, 1.82) is 0 Å². The zero-order chi connectivity index (χ0) is 9.19. The Kier molecular flexibility index (Phi) is 2.98. The molecule has 0 aromatic heterocycles. The van der Waals surface area contributed by atoms with Gasteiger partial charge < -0.3 is 0 Å². The van der Waals surface area contributed by atoms with Gasteiger partial charge in [0.1, 0.15) is 0 Å². The van der Waals surface area contributed by atoms with Crippen LogP contribution in [0.1, 0.15) is 53.4 Å². The summed E-state index contributed by atoms with van der Waals surface area (Å²) in [4.78, 5) is 0. The van der Waals surface area contributed by atoms with E-state index in [1.165, 1.54) is 25.7 Å². The lowest BCUT2D eigenvalue weighted by molar-refractivity contribution is 0.197. The normalized spacial score (nSPS) is 25.7. The molecule has 1 aliphatic carbocycles. The number of hydrogen-bond donors (Lipinski definition) is 0. The largest absolute Gasteiger partial charge is 0.0885 e. The van der Waals surface area contributed by atoms with Crippen LogP contribution in [0, 0.1) is 11.3 Å². The molecular weight excluding hydrogens is 144 g/mol. The van der Waals surface area contributed by atoms with Crippen molar-refractivity contribution in [2.75, 3.05) is 0 Å². The quantitative estimate of drug-likeness (QED) is 0.474. The predicted molar refractivity (Wildman–Crippen MR) is 55.2 cm³/mol. The van der Waals surface area contributed by atoms with Gasteiger partial charge in [-0.25, -0.2) is 0 Å². The Morgan fingerprint density at radius 2 is 1.67 bits per heavy atom. The molecular formula is C12H22. The van der Waals surface area contributed by atoms with E-state index < -0.39 is 0 Å². The molecule has 0 N–H and O–H groups in total. The topological polar surface area (TPSA) is 0 Å². The third-order valence-corrected chi connectivity index (χ3v) is 3.26. The van der Waals surface area contributed by atoms with Crippen molar-refractivity contribution in [2.45, 2.75) is 53.4 Å². The van der Waals surface area contributed by atoms with Crippen molar-refractivity contribution in [3.63, 3.8) is 0 Å². The Bertz CT molecular complexity index is 159. The monoisotopic (exact) mass is 166 g/mol. The fourth-order valence-corrected chi connectivity index (χ4v) is 2.14. The number of rotatable bonds is 0. The van der Waals surface area contributed by atoms with E-state index in [0.717, 1.165) is 5.92 Å². The summed E-state index contributed by atoms with van der Waals surface area (Å²) in [6, 6.07) is 0. The highest BCUT2D eigenvalue weighted by Crippen LogP contribution is 2.39. The van der Waals surface area contributed by atoms with Crippen LogP contribution >= 0.6 is 0 Å². The van der Waals surface area contributed by atoms with Crippen molar-refractivity contribution in [3.8, 4) is 0 Å². The van der Waals surface area contributed by atoms with Crippen LogP contribution in [0.2, 0.25) is 0 Å². The third kappa shape index (κ3) is 2.36. The van der Waals surface area contributed by atoms with Crippen LogP contribution in [0.25, 0.3) is 0 Å². The van der Waals surface area contributed by atoms with E-state index >= 15 is 0 Å². The van der Waals surface area contributed by atoms with E-state index in [-0.39, 0.29) is 0 Å². The van der Waals surface area contributed by atoms with Gasteiger partial charge in [-0.15, -0.1) is 0 Å². The maximum absolute atomic E-state index is 2.37. The second kappa shape index (κ2) is 3.64. The molecule has 0 heteroatoms. The smallest absolute Gasteiger partial charge is 0.0318 e. The maximum atomic E-state index is 2.37. The highest BCUT2D eigenvalue weighted by Gasteiger charge is 2.26. The Morgan fingerprint density at radius 3 is 2.00 bits per heavy atom. The van der Waals surface area contributed by atoms with Gasteiger partial charge in [0.25, 0.3) is 0 Å². The van der Waals surface area contributed by atoms with Crippen LogP contribution < -0.4 is 0 Å². The zero-order valence-electron chi connectivity index (χ0n) is 8.98. The van der Waals surface area contributed by atoms with Gasteiger partial charge in [0, 0.05) is 0 Å². The van der Waals surface area contributed by atoms with Gasteiger partial charge >= 0.3 is 0 Å². The molecule has 0 radical (unpaired) electrons. The predicted octanol–water partition coefficient (Wildman–Crippen LogP) is 4.17. The molecule has 1 aliphatic rings. The van der Waals surface area contributed by atoms with Crippen molar-refractivity contribution in [3.05, 3.63) is 11.6 Å². The molecule has 0 spiro atoms. The van der Waals surface area contributed by atoms with Gasteiger partial charge in [-0.2, -0.15) is 0 Å². The minimum atomic E-state index is 0.527. The van der Waals surface area contributed by atoms with Crippen LogP contribution in [0.5, 0.6) is 0 Å². The molecule has 0 nitrogen and oxygen atoms in total. The molecule has 0 saturated heterocycles. The summed E-state index contributed by atoms with van der Waals surface area (Å²) < 4.78 is 0. The molecule has 0 aliphatic heterocycles. The summed E-state index contributed by atoms with van der Waals surface area (Å²) in [5, 5.41) is 0. The van der Waals surface area contributed by atoms with E-state index in [1.54, 1.807) is 5.57 Å². The van der Waals surface area contributed by atoms with E-state index in [2.05, 4.69) is 33.8 Å². The lowest BCUT2D eigenvalue weighted by atomic mass is 9.71. The molecule has 0 bridgehead atoms. The van der Waals surface area contributed by atoms with Gasteiger partial charge in [-0.1, -0.05) is 32.4 Å². The molecule has 0 unspecified atom stereocenters. The van der Waals surface area contributed by atoms with Crippen molar-refractivity contribution in [1.82, 2.24) is 0 Å². The average molecular weight is 166 g/mol. The molecule has 1 rings (SSSR count). The number of hydrogen-bond acceptors (Lipinski definition) is 0. The van der Waals surface area contributed by atoms with E-state index in [0.29, 0.717) is 5.41 Å². The molecule has 1 saturated carbocycles. The summed E-state index contributed by atoms with van der Waals surface area (Å²) in [5.74, 6) is 0.946. The van der Waals surface area contributed by atoms with E-state index in [9.17, 15) is 0 Å². The van der Waals surface area contributed by atoms with Crippen LogP contribution in [-0.2, 0) is 0 Å². The van der Waals surface area contributed by atoms with Gasteiger partial charge in [-0.3, -0.25) is 0 Å². The Morgan fingerprint density at radius 1 is 1.17 bits per heavy atom. The molecule has 1 fully saturated rings. The van der Waals surface area contributed by atoms with Crippen LogP contribution in [0.4, 0.5) is 0 Å². The molecule has 12 heavy (non-hydrogen) atoms. The molecule has 0 amide bonds. The summed E-state index contributed by atoms with van der Waals surface area (Å²) in [7, 11) is 0. The van der Waals surface area contributed by atoms with Crippen molar-refractivity contribution in [2.24, 2.45) is 11.3 Å². The first-order valence-corrected chi connectivity index (χ1v) is 5.18. The minimum absolute atomic E-state index is 0.527. The molecule has 70 valence electrons. The van der Waals surface area contributed by atoms with E-state index in [4.69, 9.17) is 0 Å². The van der Waals surface area contributed by atoms with Gasteiger partial charge in [-0.05, 0) is 43.9 Å². The lowest BCUT2D eigenvalue weighted by Crippen LogP contribution is -2.23. The first kappa shape index (κ1) is 9.83. The first-order valence-electron chi connectivity index (χ1n) is 5.18. The second-order valence-corrected chi connectivity index (χ2v) is 5.09. The summed E-state index contributed by atoms with van der Waals surface area (Å²) in [5.41, 5.74) is 2.20. The summed E-state index contributed by atoms with van der Waals surface area (Å²) in [6.07, 6.45) is 7.81. The van der Waals surface area contributed by atoms with Crippen LogP contribution in [-0.4, -0.2) is 0 Å². The standard InChI is InChI=1S/C12H22/c1-5-10-6-8-11(9-7-10)12(2,3)4/h5,11H,6-9H2,1-4H3.